The van der Waals surface area contributed by atoms with Crippen molar-refractivity contribution in [3.8, 4) is 6.07 Å². The number of alkyl halides is 1. The molecular weight excluding hydrogens is 232 g/mol. The third-order valence-electron chi connectivity index (χ3n) is 2.17. The Bertz CT molecular complexity index is 253. The molecule has 0 saturated heterocycles. The highest BCUT2D eigenvalue weighted by Crippen LogP contribution is 2.32. The van der Waals surface area contributed by atoms with Crippen LogP contribution in [0.3, 0.4) is 0 Å². The smallest absolute Gasteiger partial charge is 0.234 e. The van der Waals surface area contributed by atoms with E-state index in [1.807, 2.05) is 0 Å². The van der Waals surface area contributed by atoms with Crippen molar-refractivity contribution in [2.75, 3.05) is 5.33 Å². The minimum Gasteiger partial charge on any atom is -0.321 e. The maximum atomic E-state index is 11.5. The van der Waals surface area contributed by atoms with Crippen LogP contribution in [0.1, 0.15) is 26.7 Å². The number of halogens is 1. The van der Waals surface area contributed by atoms with Gasteiger partial charge in [-0.25, -0.2) is 0 Å². The summed E-state index contributed by atoms with van der Waals surface area (Å²) in [6.07, 6.45) is 2.06. The van der Waals surface area contributed by atoms with Crippen molar-refractivity contribution < 1.29 is 4.79 Å². The zero-order valence-electron chi connectivity index (χ0n) is 7.88. The first-order chi connectivity index (χ1) is 6.03. The standard InChI is InChI=1S/C9H13BrN2O/c1-9(2,6-11)12(7-3-4-7)8(13)5-10/h7H,3-5H2,1-2H3. The fraction of sp³-hybridized carbons (Fsp3) is 0.778. The van der Waals surface area contributed by atoms with Crippen molar-refractivity contribution in [2.45, 2.75) is 38.3 Å². The molecule has 4 heteroatoms. The van der Waals surface area contributed by atoms with Crippen LogP contribution in [-0.4, -0.2) is 27.7 Å². The van der Waals surface area contributed by atoms with Crippen molar-refractivity contribution in [3.05, 3.63) is 0 Å². The molecule has 1 aliphatic carbocycles. The first-order valence-electron chi connectivity index (χ1n) is 4.32. The van der Waals surface area contributed by atoms with Crippen LogP contribution >= 0.6 is 15.9 Å². The lowest BCUT2D eigenvalue weighted by atomic mass is 10.1. The Labute approximate surface area is 86.8 Å². The highest BCUT2D eigenvalue weighted by atomic mass is 79.9. The molecule has 0 spiro atoms. The molecule has 1 rings (SSSR count). The van der Waals surface area contributed by atoms with Gasteiger partial charge in [-0.2, -0.15) is 5.26 Å². The maximum Gasteiger partial charge on any atom is 0.234 e. The van der Waals surface area contributed by atoms with E-state index in [-0.39, 0.29) is 5.91 Å². The molecule has 72 valence electrons. The molecular formula is C9H13BrN2O. The van der Waals surface area contributed by atoms with Crippen LogP contribution in [-0.2, 0) is 4.79 Å². The summed E-state index contributed by atoms with van der Waals surface area (Å²) in [5.41, 5.74) is -0.675. The Morgan fingerprint density at radius 1 is 1.69 bits per heavy atom. The SMILES string of the molecule is CC(C)(C#N)N(C(=O)CBr)C1CC1. The predicted molar refractivity (Wildman–Crippen MR) is 53.4 cm³/mol. The summed E-state index contributed by atoms with van der Waals surface area (Å²) >= 11 is 3.13. The van der Waals surface area contributed by atoms with Crippen LogP contribution in [0.2, 0.25) is 0 Å². The Hall–Kier alpha value is -0.560. The second-order valence-corrected chi connectivity index (χ2v) is 4.36. The number of nitrogens with zero attached hydrogens (tertiary/aromatic N) is 2. The molecule has 3 nitrogen and oxygen atoms in total. The van der Waals surface area contributed by atoms with E-state index in [1.165, 1.54) is 0 Å². The van der Waals surface area contributed by atoms with Gasteiger partial charge < -0.3 is 4.90 Å². The summed E-state index contributed by atoms with van der Waals surface area (Å²) in [5.74, 6) is 0.00838. The first-order valence-corrected chi connectivity index (χ1v) is 5.44. The Morgan fingerprint density at radius 2 is 2.23 bits per heavy atom. The molecule has 0 aromatic rings. The van der Waals surface area contributed by atoms with Gasteiger partial charge in [0.1, 0.15) is 5.54 Å². The average Bonchev–Trinajstić information content (AvgIpc) is 2.88. The summed E-state index contributed by atoms with van der Waals surface area (Å²) in [7, 11) is 0. The van der Waals surface area contributed by atoms with Crippen LogP contribution in [0.4, 0.5) is 0 Å². The summed E-state index contributed by atoms with van der Waals surface area (Å²) in [4.78, 5) is 13.2. The third-order valence-corrected chi connectivity index (χ3v) is 2.65. The van der Waals surface area contributed by atoms with E-state index in [1.54, 1.807) is 18.7 Å². The lowest BCUT2D eigenvalue weighted by Crippen LogP contribution is -2.48. The fourth-order valence-corrected chi connectivity index (χ4v) is 1.69. The van der Waals surface area contributed by atoms with Crippen molar-refractivity contribution in [2.24, 2.45) is 0 Å². The average molecular weight is 245 g/mol. The van der Waals surface area contributed by atoms with Crippen LogP contribution < -0.4 is 0 Å². The minimum atomic E-state index is -0.675. The van der Waals surface area contributed by atoms with E-state index in [4.69, 9.17) is 5.26 Å². The highest BCUT2D eigenvalue weighted by molar-refractivity contribution is 9.09. The maximum absolute atomic E-state index is 11.5. The molecule has 0 aliphatic heterocycles. The van der Waals surface area contributed by atoms with E-state index >= 15 is 0 Å². The van der Waals surface area contributed by atoms with Gasteiger partial charge in [0.2, 0.25) is 5.91 Å². The number of nitriles is 1. The second-order valence-electron chi connectivity index (χ2n) is 3.80. The molecule has 0 radical (unpaired) electrons. The molecule has 0 aromatic heterocycles. The molecule has 0 N–H and O–H groups in total. The summed E-state index contributed by atoms with van der Waals surface area (Å²) in [5, 5.41) is 9.23. The summed E-state index contributed by atoms with van der Waals surface area (Å²) in [6, 6.07) is 2.45. The molecule has 1 aliphatic rings. The third kappa shape index (κ3) is 2.22. The number of rotatable bonds is 3. The normalized spacial score (nSPS) is 16.5. The lowest BCUT2D eigenvalue weighted by molar-refractivity contribution is -0.132. The van der Waals surface area contributed by atoms with Gasteiger partial charge in [-0.1, -0.05) is 15.9 Å². The van der Waals surface area contributed by atoms with Crippen molar-refractivity contribution in [1.82, 2.24) is 4.90 Å². The van der Waals surface area contributed by atoms with Crippen molar-refractivity contribution in [1.29, 1.82) is 5.26 Å². The van der Waals surface area contributed by atoms with Crippen LogP contribution in [0, 0.1) is 11.3 Å². The molecule has 13 heavy (non-hydrogen) atoms. The monoisotopic (exact) mass is 244 g/mol. The lowest BCUT2D eigenvalue weighted by Gasteiger charge is -2.32. The van der Waals surface area contributed by atoms with E-state index in [0.717, 1.165) is 12.8 Å². The fourth-order valence-electron chi connectivity index (χ4n) is 1.42. The van der Waals surface area contributed by atoms with Gasteiger partial charge in [-0.05, 0) is 26.7 Å². The minimum absolute atomic E-state index is 0.00838. The Kier molecular flexibility index (Phi) is 2.97. The topological polar surface area (TPSA) is 44.1 Å². The van der Waals surface area contributed by atoms with Crippen LogP contribution in [0.5, 0.6) is 0 Å². The molecule has 1 amide bonds. The molecule has 0 bridgehead atoms. The molecule has 1 saturated carbocycles. The largest absolute Gasteiger partial charge is 0.321 e. The van der Waals surface area contributed by atoms with Gasteiger partial charge >= 0.3 is 0 Å². The van der Waals surface area contributed by atoms with E-state index < -0.39 is 5.54 Å². The van der Waals surface area contributed by atoms with Gasteiger partial charge in [0, 0.05) is 6.04 Å². The first kappa shape index (κ1) is 10.5. The van der Waals surface area contributed by atoms with Crippen LogP contribution in [0.15, 0.2) is 0 Å². The summed E-state index contributed by atoms with van der Waals surface area (Å²) in [6.45, 7) is 3.57. The van der Waals surface area contributed by atoms with Gasteiger partial charge in [-0.15, -0.1) is 0 Å². The Balaban J connectivity index is 2.79. The van der Waals surface area contributed by atoms with Gasteiger partial charge in [0.25, 0.3) is 0 Å². The molecule has 0 unspecified atom stereocenters. The number of amides is 1. The molecule has 0 atom stereocenters. The zero-order chi connectivity index (χ0) is 10.1. The zero-order valence-corrected chi connectivity index (χ0v) is 9.47. The molecule has 1 fully saturated rings. The number of hydrogen-bond acceptors (Lipinski definition) is 2. The molecule has 0 heterocycles. The van der Waals surface area contributed by atoms with Crippen LogP contribution in [0.25, 0.3) is 0 Å². The quantitative estimate of drug-likeness (QED) is 0.710. The van der Waals surface area contributed by atoms with E-state index in [9.17, 15) is 4.79 Å². The van der Waals surface area contributed by atoms with Crippen molar-refractivity contribution in [3.63, 3.8) is 0 Å². The van der Waals surface area contributed by atoms with E-state index in [0.29, 0.717) is 11.4 Å². The van der Waals surface area contributed by atoms with Gasteiger partial charge in [0.05, 0.1) is 11.4 Å². The van der Waals surface area contributed by atoms with E-state index in [2.05, 4.69) is 22.0 Å². The predicted octanol–water partition coefficient (Wildman–Crippen LogP) is 1.67. The van der Waals surface area contributed by atoms with Gasteiger partial charge in [0.15, 0.2) is 0 Å². The Morgan fingerprint density at radius 3 is 2.54 bits per heavy atom. The summed E-state index contributed by atoms with van der Waals surface area (Å²) < 4.78 is 0. The van der Waals surface area contributed by atoms with Gasteiger partial charge in [-0.3, -0.25) is 4.79 Å². The number of carbonyl (C=O) groups excluding carboxylic acids is 1. The highest BCUT2D eigenvalue weighted by Gasteiger charge is 2.41. The number of hydrogen-bond donors (Lipinski definition) is 0. The second kappa shape index (κ2) is 3.67. The number of carbonyl (C=O) groups is 1. The van der Waals surface area contributed by atoms with Crippen molar-refractivity contribution >= 4 is 21.8 Å². The molecule has 0 aromatic carbocycles.